The van der Waals surface area contributed by atoms with E-state index in [1.165, 1.54) is 22.4 Å². The fourth-order valence-electron chi connectivity index (χ4n) is 1.84. The number of allylic oxidation sites excluding steroid dienone is 1. The van der Waals surface area contributed by atoms with Gasteiger partial charge < -0.3 is 5.43 Å². The zero-order chi connectivity index (χ0) is 10.7. The topological polar surface area (TPSA) is 24.1 Å². The number of aryl methyl sites for hydroxylation is 1. The van der Waals surface area contributed by atoms with Crippen molar-refractivity contribution in [3.63, 3.8) is 0 Å². The normalized spacial score (nSPS) is 15.6. The first-order valence-corrected chi connectivity index (χ1v) is 5.55. The summed E-state index contributed by atoms with van der Waals surface area (Å²) in [6.45, 7) is 5.27. The highest BCUT2D eigenvalue weighted by molar-refractivity contribution is 5.29. The molecule has 0 bridgehead atoms. The van der Waals surface area contributed by atoms with Crippen LogP contribution in [0.3, 0.4) is 0 Å². The van der Waals surface area contributed by atoms with Gasteiger partial charge in [0.2, 0.25) is 0 Å². The van der Waals surface area contributed by atoms with E-state index in [1.807, 2.05) is 0 Å². The maximum Gasteiger partial charge on any atom is 0.0381 e. The van der Waals surface area contributed by atoms with E-state index in [0.717, 1.165) is 19.4 Å². The van der Waals surface area contributed by atoms with Gasteiger partial charge in [-0.3, -0.25) is 0 Å². The smallest absolute Gasteiger partial charge is 0.0381 e. The second kappa shape index (κ2) is 4.49. The quantitative estimate of drug-likeness (QED) is 0.785. The molecule has 0 radical (unpaired) electrons. The molecule has 2 nitrogen and oxygen atoms in total. The summed E-state index contributed by atoms with van der Waals surface area (Å²) < 4.78 is 0. The molecule has 15 heavy (non-hydrogen) atoms. The van der Waals surface area contributed by atoms with Crippen molar-refractivity contribution in [3.05, 3.63) is 46.7 Å². The summed E-state index contributed by atoms with van der Waals surface area (Å²) >= 11 is 0. The lowest BCUT2D eigenvalue weighted by Gasteiger charge is -2.04. The zero-order valence-electron chi connectivity index (χ0n) is 9.43. The minimum atomic E-state index is 0.960. The van der Waals surface area contributed by atoms with Gasteiger partial charge in [-0.25, -0.2) is 5.43 Å². The molecule has 0 atom stereocenters. The fraction of sp³-hybridized carbons (Fsp3) is 0.385. The number of hydrazine groups is 1. The standard InChI is InChI=1S/C13H18N2/c1-3-11-4-6-12(7-5-11)8-13-9-14-15-10(13)2/h4-7,14-15H,3,8-9H2,1-2H3. The molecule has 0 saturated heterocycles. The number of hydrogen-bond donors (Lipinski definition) is 2. The number of hydrogen-bond acceptors (Lipinski definition) is 2. The average Bonchev–Trinajstić information content (AvgIpc) is 2.66. The van der Waals surface area contributed by atoms with Crippen molar-refractivity contribution in [2.24, 2.45) is 0 Å². The van der Waals surface area contributed by atoms with Crippen molar-refractivity contribution in [1.82, 2.24) is 10.9 Å². The van der Waals surface area contributed by atoms with Gasteiger partial charge in [0.15, 0.2) is 0 Å². The molecule has 0 aliphatic carbocycles. The Hall–Kier alpha value is -1.28. The SMILES string of the molecule is CCc1ccc(CC2=C(C)NNC2)cc1. The monoisotopic (exact) mass is 202 g/mol. The molecular weight excluding hydrogens is 184 g/mol. The van der Waals surface area contributed by atoms with E-state index in [4.69, 9.17) is 0 Å². The predicted octanol–water partition coefficient (Wildman–Crippen LogP) is 2.17. The summed E-state index contributed by atoms with van der Waals surface area (Å²) in [6.07, 6.45) is 2.17. The average molecular weight is 202 g/mol. The van der Waals surface area contributed by atoms with Gasteiger partial charge in [0.25, 0.3) is 0 Å². The van der Waals surface area contributed by atoms with Crippen molar-refractivity contribution in [2.75, 3.05) is 6.54 Å². The Morgan fingerprint density at radius 3 is 2.33 bits per heavy atom. The van der Waals surface area contributed by atoms with Crippen molar-refractivity contribution >= 4 is 0 Å². The number of nitrogens with one attached hydrogen (secondary N) is 2. The van der Waals surface area contributed by atoms with Gasteiger partial charge in [-0.05, 0) is 36.5 Å². The minimum Gasteiger partial charge on any atom is -0.326 e. The fourth-order valence-corrected chi connectivity index (χ4v) is 1.84. The van der Waals surface area contributed by atoms with Crippen LogP contribution in [-0.2, 0) is 12.8 Å². The van der Waals surface area contributed by atoms with Gasteiger partial charge in [0.05, 0.1) is 0 Å². The molecule has 1 aliphatic rings. The van der Waals surface area contributed by atoms with Crippen LogP contribution in [0.2, 0.25) is 0 Å². The van der Waals surface area contributed by atoms with Gasteiger partial charge in [-0.15, -0.1) is 0 Å². The second-order valence-corrected chi connectivity index (χ2v) is 4.05. The van der Waals surface area contributed by atoms with Crippen molar-refractivity contribution in [3.8, 4) is 0 Å². The van der Waals surface area contributed by atoms with Gasteiger partial charge in [0.1, 0.15) is 0 Å². The maximum absolute atomic E-state index is 3.14. The summed E-state index contributed by atoms with van der Waals surface area (Å²) in [7, 11) is 0. The maximum atomic E-state index is 3.14. The third-order valence-electron chi connectivity index (χ3n) is 2.96. The molecule has 1 aromatic rings. The van der Waals surface area contributed by atoms with Crippen LogP contribution < -0.4 is 10.9 Å². The van der Waals surface area contributed by atoms with Gasteiger partial charge in [-0.2, -0.15) is 0 Å². The molecule has 2 heteroatoms. The van der Waals surface area contributed by atoms with Gasteiger partial charge in [-0.1, -0.05) is 31.2 Å². The predicted molar refractivity (Wildman–Crippen MR) is 63.4 cm³/mol. The summed E-state index contributed by atoms with van der Waals surface area (Å²) in [4.78, 5) is 0. The summed E-state index contributed by atoms with van der Waals surface area (Å²) in [5, 5.41) is 0. The molecule has 80 valence electrons. The number of benzene rings is 1. The molecule has 0 aromatic heterocycles. The Morgan fingerprint density at radius 1 is 1.13 bits per heavy atom. The molecule has 0 amide bonds. The van der Waals surface area contributed by atoms with E-state index < -0.39 is 0 Å². The van der Waals surface area contributed by atoms with Crippen molar-refractivity contribution in [2.45, 2.75) is 26.7 Å². The molecule has 0 unspecified atom stereocenters. The van der Waals surface area contributed by atoms with Gasteiger partial charge in [0, 0.05) is 12.2 Å². The molecular formula is C13H18N2. The van der Waals surface area contributed by atoms with Crippen LogP contribution in [0.4, 0.5) is 0 Å². The van der Waals surface area contributed by atoms with E-state index in [-0.39, 0.29) is 0 Å². The van der Waals surface area contributed by atoms with Crippen LogP contribution in [0.25, 0.3) is 0 Å². The van der Waals surface area contributed by atoms with E-state index in [0.29, 0.717) is 0 Å². The lowest BCUT2D eigenvalue weighted by Crippen LogP contribution is -2.22. The lowest BCUT2D eigenvalue weighted by atomic mass is 10.0. The van der Waals surface area contributed by atoms with Crippen molar-refractivity contribution in [1.29, 1.82) is 0 Å². The Kier molecular flexibility index (Phi) is 3.07. The summed E-state index contributed by atoms with van der Waals surface area (Å²) in [5.41, 5.74) is 11.8. The number of rotatable bonds is 3. The summed E-state index contributed by atoms with van der Waals surface area (Å²) in [5.74, 6) is 0. The highest BCUT2D eigenvalue weighted by atomic mass is 15.4. The van der Waals surface area contributed by atoms with Crippen LogP contribution in [0.5, 0.6) is 0 Å². The van der Waals surface area contributed by atoms with E-state index in [2.05, 4.69) is 49.0 Å². The molecule has 0 saturated carbocycles. The third kappa shape index (κ3) is 2.39. The summed E-state index contributed by atoms with van der Waals surface area (Å²) in [6, 6.07) is 8.91. The van der Waals surface area contributed by atoms with Crippen LogP contribution in [0.1, 0.15) is 25.0 Å². The first kappa shape index (κ1) is 10.2. The van der Waals surface area contributed by atoms with Crippen LogP contribution in [0.15, 0.2) is 35.5 Å². The molecule has 1 aromatic carbocycles. The third-order valence-corrected chi connectivity index (χ3v) is 2.96. The first-order chi connectivity index (χ1) is 7.29. The van der Waals surface area contributed by atoms with Crippen molar-refractivity contribution < 1.29 is 0 Å². The van der Waals surface area contributed by atoms with Crippen LogP contribution in [-0.4, -0.2) is 6.54 Å². The van der Waals surface area contributed by atoms with E-state index >= 15 is 0 Å². The van der Waals surface area contributed by atoms with E-state index in [9.17, 15) is 0 Å². The van der Waals surface area contributed by atoms with E-state index in [1.54, 1.807) is 0 Å². The molecule has 1 aliphatic heterocycles. The second-order valence-electron chi connectivity index (χ2n) is 4.05. The highest BCUT2D eigenvalue weighted by Crippen LogP contribution is 2.14. The Morgan fingerprint density at radius 2 is 1.80 bits per heavy atom. The van der Waals surface area contributed by atoms with Crippen LogP contribution in [0, 0.1) is 0 Å². The van der Waals surface area contributed by atoms with Gasteiger partial charge >= 0.3 is 0 Å². The molecule has 0 fully saturated rings. The molecule has 2 rings (SSSR count). The molecule has 0 spiro atoms. The zero-order valence-corrected chi connectivity index (χ0v) is 9.43. The minimum absolute atomic E-state index is 0.960. The first-order valence-electron chi connectivity index (χ1n) is 5.55. The highest BCUT2D eigenvalue weighted by Gasteiger charge is 2.09. The Bertz CT molecular complexity index is 363. The Balaban J connectivity index is 2.08. The Labute approximate surface area is 91.4 Å². The molecule has 2 N–H and O–H groups in total. The molecule has 1 heterocycles. The lowest BCUT2D eigenvalue weighted by molar-refractivity contribution is 0.696. The largest absolute Gasteiger partial charge is 0.326 e. The van der Waals surface area contributed by atoms with Crippen LogP contribution >= 0.6 is 0 Å².